The monoisotopic (exact) mass is 345 g/mol. The lowest BCUT2D eigenvalue weighted by Gasteiger charge is -2.30. The standard InChI is InChI=1S/C16H31N3O5/c1-6-23-13(20)16(5,19-14(21)24-15(2,3)4)9-7-8-10-17-11-12-18-22/h12,17,22H,6-11H2,1-5H3,(H,19,21). The maximum absolute atomic E-state index is 12.2. The van der Waals surface area contributed by atoms with E-state index in [1.165, 1.54) is 6.21 Å². The van der Waals surface area contributed by atoms with Crippen LogP contribution in [0, 0.1) is 0 Å². The lowest BCUT2D eigenvalue weighted by molar-refractivity contribution is -0.150. The largest absolute Gasteiger partial charge is 0.464 e. The number of carbonyl (C=O) groups is 2. The van der Waals surface area contributed by atoms with Gasteiger partial charge >= 0.3 is 12.1 Å². The number of ether oxygens (including phenoxy) is 2. The third kappa shape index (κ3) is 10.0. The van der Waals surface area contributed by atoms with Crippen molar-refractivity contribution in [3.05, 3.63) is 0 Å². The number of carbonyl (C=O) groups excluding carboxylic acids is 2. The van der Waals surface area contributed by atoms with Gasteiger partial charge in [-0.05, 0) is 60.4 Å². The molecule has 0 radical (unpaired) electrons. The fraction of sp³-hybridized carbons (Fsp3) is 0.812. The van der Waals surface area contributed by atoms with Gasteiger partial charge in [0.05, 0.1) is 12.8 Å². The third-order valence-electron chi connectivity index (χ3n) is 3.10. The van der Waals surface area contributed by atoms with Gasteiger partial charge in [-0.2, -0.15) is 0 Å². The van der Waals surface area contributed by atoms with E-state index < -0.39 is 23.2 Å². The van der Waals surface area contributed by atoms with Gasteiger partial charge in [0.2, 0.25) is 0 Å². The fourth-order valence-electron chi connectivity index (χ4n) is 1.97. The molecule has 1 amide bonds. The fourth-order valence-corrected chi connectivity index (χ4v) is 1.97. The van der Waals surface area contributed by atoms with Crippen molar-refractivity contribution in [1.82, 2.24) is 10.6 Å². The topological polar surface area (TPSA) is 109 Å². The Morgan fingerprint density at radius 3 is 2.42 bits per heavy atom. The lowest BCUT2D eigenvalue weighted by atomic mass is 9.95. The molecule has 140 valence electrons. The third-order valence-corrected chi connectivity index (χ3v) is 3.10. The van der Waals surface area contributed by atoms with E-state index in [1.54, 1.807) is 34.6 Å². The highest BCUT2D eigenvalue weighted by molar-refractivity contribution is 5.85. The summed E-state index contributed by atoms with van der Waals surface area (Å²) in [6.45, 7) is 10.1. The first-order chi connectivity index (χ1) is 11.1. The van der Waals surface area contributed by atoms with Crippen molar-refractivity contribution in [2.45, 2.75) is 65.0 Å². The van der Waals surface area contributed by atoms with Gasteiger partial charge in [0.1, 0.15) is 11.1 Å². The molecule has 0 aliphatic heterocycles. The predicted octanol–water partition coefficient (Wildman–Crippen LogP) is 2.05. The Bertz CT molecular complexity index is 420. The first-order valence-corrected chi connectivity index (χ1v) is 8.19. The van der Waals surface area contributed by atoms with Gasteiger partial charge in [-0.25, -0.2) is 9.59 Å². The predicted molar refractivity (Wildman–Crippen MR) is 91.4 cm³/mol. The molecule has 0 saturated heterocycles. The maximum Gasteiger partial charge on any atom is 0.408 e. The molecule has 3 N–H and O–H groups in total. The Kier molecular flexibility index (Phi) is 10.0. The molecule has 0 aromatic carbocycles. The number of unbranched alkanes of at least 4 members (excludes halogenated alkanes) is 1. The lowest BCUT2D eigenvalue weighted by Crippen LogP contribution is -2.54. The summed E-state index contributed by atoms with van der Waals surface area (Å²) in [6, 6.07) is 0. The van der Waals surface area contributed by atoms with E-state index in [0.717, 1.165) is 6.42 Å². The van der Waals surface area contributed by atoms with Crippen LogP contribution in [0.2, 0.25) is 0 Å². The molecule has 0 bridgehead atoms. The van der Waals surface area contributed by atoms with Crippen molar-refractivity contribution >= 4 is 18.3 Å². The van der Waals surface area contributed by atoms with Crippen LogP contribution in [0.4, 0.5) is 4.79 Å². The number of nitrogens with zero attached hydrogens (tertiary/aromatic N) is 1. The van der Waals surface area contributed by atoms with E-state index >= 15 is 0 Å². The zero-order chi connectivity index (χ0) is 18.6. The van der Waals surface area contributed by atoms with Crippen LogP contribution in [-0.2, 0) is 14.3 Å². The molecule has 0 aromatic rings. The van der Waals surface area contributed by atoms with E-state index in [1.807, 2.05) is 0 Å². The highest BCUT2D eigenvalue weighted by atomic mass is 16.6. The van der Waals surface area contributed by atoms with Crippen molar-refractivity contribution < 1.29 is 24.3 Å². The SMILES string of the molecule is CCOC(=O)C(C)(CCCCNCC=NO)NC(=O)OC(C)(C)C. The van der Waals surface area contributed by atoms with Gasteiger partial charge in [-0.15, -0.1) is 5.16 Å². The molecule has 0 saturated carbocycles. The van der Waals surface area contributed by atoms with Crippen molar-refractivity contribution in [2.75, 3.05) is 19.7 Å². The summed E-state index contributed by atoms with van der Waals surface area (Å²) in [4.78, 5) is 24.2. The van der Waals surface area contributed by atoms with E-state index in [9.17, 15) is 9.59 Å². The molecule has 0 spiro atoms. The number of hydrogen-bond donors (Lipinski definition) is 3. The van der Waals surface area contributed by atoms with Gasteiger partial charge in [0.15, 0.2) is 0 Å². The number of hydrogen-bond acceptors (Lipinski definition) is 7. The summed E-state index contributed by atoms with van der Waals surface area (Å²) in [5, 5.41) is 16.9. The number of nitrogens with one attached hydrogen (secondary N) is 2. The molecule has 8 nitrogen and oxygen atoms in total. The molecular weight excluding hydrogens is 314 g/mol. The number of alkyl carbamates (subject to hydrolysis) is 1. The quantitative estimate of drug-likeness (QED) is 0.184. The molecule has 0 aliphatic rings. The van der Waals surface area contributed by atoms with Crippen LogP contribution in [0.25, 0.3) is 0 Å². The molecule has 0 rings (SSSR count). The minimum atomic E-state index is -1.13. The second kappa shape index (κ2) is 10.9. The summed E-state index contributed by atoms with van der Waals surface area (Å²) in [5.74, 6) is -0.476. The van der Waals surface area contributed by atoms with E-state index in [-0.39, 0.29) is 6.61 Å². The highest BCUT2D eigenvalue weighted by Gasteiger charge is 2.37. The van der Waals surface area contributed by atoms with Crippen LogP contribution in [0.15, 0.2) is 5.16 Å². The smallest absolute Gasteiger partial charge is 0.408 e. The van der Waals surface area contributed by atoms with Crippen LogP contribution in [0.1, 0.15) is 53.9 Å². The van der Waals surface area contributed by atoms with Crippen LogP contribution >= 0.6 is 0 Å². The average molecular weight is 345 g/mol. The Balaban J connectivity index is 4.55. The molecule has 0 aliphatic carbocycles. The number of oxime groups is 1. The van der Waals surface area contributed by atoms with Crippen molar-refractivity contribution in [3.8, 4) is 0 Å². The minimum absolute atomic E-state index is 0.243. The Hall–Kier alpha value is -1.83. The van der Waals surface area contributed by atoms with Gasteiger partial charge in [-0.3, -0.25) is 0 Å². The number of amides is 1. The molecule has 24 heavy (non-hydrogen) atoms. The molecule has 1 atom stereocenters. The van der Waals surface area contributed by atoms with Crippen molar-refractivity contribution in [3.63, 3.8) is 0 Å². The summed E-state index contributed by atoms with van der Waals surface area (Å²) in [6.07, 6.45) is 2.64. The summed E-state index contributed by atoms with van der Waals surface area (Å²) >= 11 is 0. The Labute approximate surface area is 144 Å². The van der Waals surface area contributed by atoms with Gasteiger partial charge in [0.25, 0.3) is 0 Å². The molecular formula is C16H31N3O5. The molecule has 0 aromatic heterocycles. The number of rotatable bonds is 10. The van der Waals surface area contributed by atoms with Crippen molar-refractivity contribution in [1.29, 1.82) is 0 Å². The molecule has 0 heterocycles. The van der Waals surface area contributed by atoms with Gasteiger partial charge in [0, 0.05) is 6.54 Å². The first kappa shape index (κ1) is 22.2. The zero-order valence-electron chi connectivity index (χ0n) is 15.3. The van der Waals surface area contributed by atoms with Gasteiger partial charge < -0.3 is 25.3 Å². The zero-order valence-corrected chi connectivity index (χ0v) is 15.3. The second-order valence-corrected chi connectivity index (χ2v) is 6.64. The Morgan fingerprint density at radius 1 is 1.21 bits per heavy atom. The van der Waals surface area contributed by atoms with Crippen LogP contribution in [0.5, 0.6) is 0 Å². The van der Waals surface area contributed by atoms with Gasteiger partial charge in [-0.1, -0.05) is 0 Å². The highest BCUT2D eigenvalue weighted by Crippen LogP contribution is 2.18. The normalized spacial score (nSPS) is 14.2. The van der Waals surface area contributed by atoms with Crippen molar-refractivity contribution in [2.24, 2.45) is 5.16 Å². The van der Waals surface area contributed by atoms with Crippen LogP contribution in [-0.4, -0.2) is 54.3 Å². The van der Waals surface area contributed by atoms with E-state index in [4.69, 9.17) is 14.7 Å². The van der Waals surface area contributed by atoms with E-state index in [0.29, 0.717) is 25.9 Å². The molecule has 0 fully saturated rings. The summed E-state index contributed by atoms with van der Waals surface area (Å²) in [5.41, 5.74) is -1.78. The maximum atomic E-state index is 12.2. The van der Waals surface area contributed by atoms with Crippen LogP contribution < -0.4 is 10.6 Å². The van der Waals surface area contributed by atoms with E-state index in [2.05, 4.69) is 15.8 Å². The van der Waals surface area contributed by atoms with Crippen LogP contribution in [0.3, 0.4) is 0 Å². The Morgan fingerprint density at radius 2 is 1.88 bits per heavy atom. The summed E-state index contributed by atoms with van der Waals surface area (Å²) < 4.78 is 10.3. The first-order valence-electron chi connectivity index (χ1n) is 8.19. The minimum Gasteiger partial charge on any atom is -0.464 e. The molecule has 1 unspecified atom stereocenters. The molecule has 8 heteroatoms. The summed E-state index contributed by atoms with van der Waals surface area (Å²) in [7, 11) is 0. The average Bonchev–Trinajstić information content (AvgIpc) is 2.44. The second-order valence-electron chi connectivity index (χ2n) is 6.64. The number of esters is 1.